The van der Waals surface area contributed by atoms with Crippen LogP contribution in [0, 0.1) is 0 Å². The van der Waals surface area contributed by atoms with E-state index in [1.165, 1.54) is 11.3 Å². The molecule has 32 heavy (non-hydrogen) atoms. The molecule has 160 valence electrons. The summed E-state index contributed by atoms with van der Waals surface area (Å²) in [5.41, 5.74) is 1.70. The molecule has 1 saturated heterocycles. The quantitative estimate of drug-likeness (QED) is 0.399. The van der Waals surface area contributed by atoms with Crippen molar-refractivity contribution in [3.05, 3.63) is 64.2 Å². The van der Waals surface area contributed by atoms with E-state index in [4.69, 9.17) is 4.98 Å². The summed E-state index contributed by atoms with van der Waals surface area (Å²) in [6.07, 6.45) is 0. The topological polar surface area (TPSA) is 66.6 Å². The van der Waals surface area contributed by atoms with Crippen LogP contribution in [0.5, 0.6) is 0 Å². The Kier molecular flexibility index (Phi) is 4.65. The Morgan fingerprint density at radius 3 is 2.62 bits per heavy atom. The lowest BCUT2D eigenvalue weighted by atomic mass is 10.2. The van der Waals surface area contributed by atoms with Crippen LogP contribution >= 0.6 is 22.7 Å². The third-order valence-corrected chi connectivity index (χ3v) is 7.60. The molecule has 5 aromatic rings. The monoisotopic (exact) mass is 460 g/mol. The van der Waals surface area contributed by atoms with Gasteiger partial charge in [0.25, 0.3) is 5.91 Å². The minimum atomic E-state index is 0.0586. The molecule has 1 aliphatic rings. The average molecular weight is 461 g/mol. The Bertz CT molecular complexity index is 1410. The van der Waals surface area contributed by atoms with Gasteiger partial charge < -0.3 is 9.80 Å². The van der Waals surface area contributed by atoms with Gasteiger partial charge >= 0.3 is 0 Å². The Morgan fingerprint density at radius 1 is 1.00 bits per heavy atom. The van der Waals surface area contributed by atoms with Crippen LogP contribution in [0.1, 0.15) is 16.6 Å². The Morgan fingerprint density at radius 2 is 1.84 bits per heavy atom. The van der Waals surface area contributed by atoms with Crippen LogP contribution < -0.4 is 4.90 Å². The van der Waals surface area contributed by atoms with E-state index in [2.05, 4.69) is 32.5 Å². The summed E-state index contributed by atoms with van der Waals surface area (Å²) in [5, 5.41) is 14.0. The zero-order valence-corrected chi connectivity index (χ0v) is 19.0. The van der Waals surface area contributed by atoms with Crippen LogP contribution in [0.3, 0.4) is 0 Å². The second-order valence-electron chi connectivity index (χ2n) is 7.86. The number of nitrogens with zero attached hydrogens (tertiary/aromatic N) is 6. The lowest BCUT2D eigenvalue weighted by Gasteiger charge is -2.40. The highest BCUT2D eigenvalue weighted by atomic mass is 32.1. The van der Waals surface area contributed by atoms with Crippen LogP contribution in [-0.2, 0) is 0 Å². The first kappa shape index (κ1) is 19.4. The van der Waals surface area contributed by atoms with E-state index < -0.39 is 0 Å². The molecule has 0 radical (unpaired) electrons. The predicted molar refractivity (Wildman–Crippen MR) is 129 cm³/mol. The number of para-hydroxylation sites is 1. The number of thiophene rings is 2. The van der Waals surface area contributed by atoms with E-state index in [1.54, 1.807) is 11.3 Å². The molecular weight excluding hydrogens is 440 g/mol. The van der Waals surface area contributed by atoms with Gasteiger partial charge in [0.2, 0.25) is 5.95 Å². The van der Waals surface area contributed by atoms with Crippen LogP contribution in [-0.4, -0.2) is 56.1 Å². The Labute approximate surface area is 192 Å². The van der Waals surface area contributed by atoms with Crippen molar-refractivity contribution in [2.75, 3.05) is 24.5 Å². The van der Waals surface area contributed by atoms with Crippen molar-refractivity contribution in [2.45, 2.75) is 13.0 Å². The summed E-state index contributed by atoms with van der Waals surface area (Å²) in [5.74, 6) is 1.72. The van der Waals surface area contributed by atoms with Gasteiger partial charge in [-0.2, -0.15) is 0 Å². The fraction of sp³-hybridized carbons (Fsp3) is 0.217. The fourth-order valence-corrected chi connectivity index (χ4v) is 5.70. The van der Waals surface area contributed by atoms with Crippen molar-refractivity contribution in [1.82, 2.24) is 24.5 Å². The minimum absolute atomic E-state index is 0.0586. The fourth-order valence-electron chi connectivity index (χ4n) is 4.33. The SMILES string of the molecule is C[C@H]1CN(c2nc3ccccc3c3nnc(-c4cccs4)n23)CCN1C(=O)c1cccs1. The molecule has 0 saturated carbocycles. The predicted octanol–water partition coefficient (Wildman–Crippen LogP) is 4.42. The molecule has 0 bridgehead atoms. The second-order valence-corrected chi connectivity index (χ2v) is 9.76. The zero-order valence-electron chi connectivity index (χ0n) is 17.4. The highest BCUT2D eigenvalue weighted by Gasteiger charge is 2.31. The van der Waals surface area contributed by atoms with Gasteiger partial charge in [0.15, 0.2) is 11.5 Å². The molecule has 1 atom stereocenters. The number of rotatable bonds is 3. The third-order valence-electron chi connectivity index (χ3n) is 5.87. The molecule has 1 aliphatic heterocycles. The average Bonchev–Trinajstić information content (AvgIpc) is 3.59. The van der Waals surface area contributed by atoms with Gasteiger partial charge in [0.1, 0.15) is 0 Å². The Hall–Kier alpha value is -3.30. The van der Waals surface area contributed by atoms with Gasteiger partial charge in [-0.25, -0.2) is 9.38 Å². The first-order valence-electron chi connectivity index (χ1n) is 10.5. The molecule has 0 aliphatic carbocycles. The molecule has 1 fully saturated rings. The summed E-state index contributed by atoms with van der Waals surface area (Å²) in [7, 11) is 0. The highest BCUT2D eigenvalue weighted by Crippen LogP contribution is 2.31. The Balaban J connectivity index is 1.43. The van der Waals surface area contributed by atoms with Crippen molar-refractivity contribution in [3.63, 3.8) is 0 Å². The van der Waals surface area contributed by atoms with Gasteiger partial charge in [0, 0.05) is 31.1 Å². The maximum absolute atomic E-state index is 12.9. The van der Waals surface area contributed by atoms with E-state index in [9.17, 15) is 4.79 Å². The van der Waals surface area contributed by atoms with Crippen molar-refractivity contribution in [2.24, 2.45) is 0 Å². The number of hydrogen-bond acceptors (Lipinski definition) is 7. The first-order chi connectivity index (χ1) is 15.7. The number of benzene rings is 1. The standard InChI is InChI=1S/C23H20N6OS2/c1-15-14-27(10-11-28(15)22(30)19-9-5-13-32-19)23-24-17-7-3-2-6-16(17)20-25-26-21(29(20)23)18-8-4-12-31-18/h2-9,12-13,15H,10-11,14H2,1H3/t15-/m0/s1. The minimum Gasteiger partial charge on any atom is -0.338 e. The van der Waals surface area contributed by atoms with Crippen LogP contribution in [0.4, 0.5) is 5.95 Å². The third kappa shape index (κ3) is 3.08. The number of fused-ring (bicyclic) bond motifs is 3. The molecule has 0 N–H and O–H groups in total. The van der Waals surface area contributed by atoms with Gasteiger partial charge in [0.05, 0.1) is 15.3 Å². The molecule has 0 spiro atoms. The molecule has 4 aromatic heterocycles. The molecule has 0 unspecified atom stereocenters. The van der Waals surface area contributed by atoms with E-state index in [0.717, 1.165) is 38.1 Å². The van der Waals surface area contributed by atoms with Crippen molar-refractivity contribution in [3.8, 4) is 10.7 Å². The van der Waals surface area contributed by atoms with Gasteiger partial charge in [-0.3, -0.25) is 4.79 Å². The van der Waals surface area contributed by atoms with Gasteiger partial charge in [-0.15, -0.1) is 32.9 Å². The molecule has 5 heterocycles. The summed E-state index contributed by atoms with van der Waals surface area (Å²) in [4.78, 5) is 24.0. The normalized spacial score (nSPS) is 16.8. The molecule has 7 nitrogen and oxygen atoms in total. The first-order valence-corrected chi connectivity index (χ1v) is 12.2. The maximum Gasteiger partial charge on any atom is 0.264 e. The summed E-state index contributed by atoms with van der Waals surface area (Å²) in [6, 6.07) is 16.0. The van der Waals surface area contributed by atoms with E-state index in [-0.39, 0.29) is 11.9 Å². The molecule has 1 amide bonds. The summed E-state index contributed by atoms with van der Waals surface area (Å²) < 4.78 is 2.07. The highest BCUT2D eigenvalue weighted by molar-refractivity contribution is 7.13. The lowest BCUT2D eigenvalue weighted by molar-refractivity contribution is 0.0678. The van der Waals surface area contributed by atoms with E-state index >= 15 is 0 Å². The largest absolute Gasteiger partial charge is 0.338 e. The van der Waals surface area contributed by atoms with Crippen molar-refractivity contribution >= 4 is 51.1 Å². The molecule has 9 heteroatoms. The number of piperazine rings is 1. The molecule has 1 aromatic carbocycles. The van der Waals surface area contributed by atoms with E-state index in [0.29, 0.717) is 19.6 Å². The number of amides is 1. The number of carbonyl (C=O) groups excluding carboxylic acids is 1. The van der Waals surface area contributed by atoms with Gasteiger partial charge in [-0.1, -0.05) is 24.3 Å². The second kappa shape index (κ2) is 7.68. The lowest BCUT2D eigenvalue weighted by Crippen LogP contribution is -2.54. The number of anilines is 1. The van der Waals surface area contributed by atoms with Crippen LogP contribution in [0.15, 0.2) is 59.3 Å². The molecular formula is C23H20N6OS2. The maximum atomic E-state index is 12.9. The van der Waals surface area contributed by atoms with Crippen molar-refractivity contribution in [1.29, 1.82) is 0 Å². The summed E-state index contributed by atoms with van der Waals surface area (Å²) >= 11 is 3.13. The number of aromatic nitrogens is 4. The number of carbonyl (C=O) groups is 1. The van der Waals surface area contributed by atoms with Crippen molar-refractivity contribution < 1.29 is 4.79 Å². The van der Waals surface area contributed by atoms with Gasteiger partial charge in [-0.05, 0) is 41.9 Å². The van der Waals surface area contributed by atoms with Crippen LogP contribution in [0.25, 0.3) is 27.3 Å². The van der Waals surface area contributed by atoms with E-state index in [1.807, 2.05) is 58.1 Å². The zero-order chi connectivity index (χ0) is 21.7. The smallest absolute Gasteiger partial charge is 0.264 e. The number of hydrogen-bond donors (Lipinski definition) is 0. The molecule has 6 rings (SSSR count). The summed E-state index contributed by atoms with van der Waals surface area (Å²) in [6.45, 7) is 4.14. The van der Waals surface area contributed by atoms with Crippen LogP contribution in [0.2, 0.25) is 0 Å².